The SMILES string of the molecule is O=C(O)O.O=C(O)O.O=C(O)O.O=C([O-])[O-].[Na+].[Na+]. The Balaban J connectivity index is -0.0000000257. The molecule has 0 rings (SSSR count). The average molecular weight is 292 g/mol. The van der Waals surface area contributed by atoms with E-state index in [-0.39, 0.29) is 59.1 Å². The van der Waals surface area contributed by atoms with Gasteiger partial charge in [0.05, 0.1) is 0 Å². The Kier molecular flexibility index (Phi) is 59.5. The minimum atomic E-state index is -2.33. The van der Waals surface area contributed by atoms with E-state index in [1.165, 1.54) is 0 Å². The van der Waals surface area contributed by atoms with Crippen molar-refractivity contribution in [2.45, 2.75) is 0 Å². The molecule has 0 aromatic heterocycles. The van der Waals surface area contributed by atoms with Gasteiger partial charge in [0.25, 0.3) is 0 Å². The third-order valence-corrected chi connectivity index (χ3v) is 0. The Morgan fingerprint density at radius 3 is 0.556 bits per heavy atom. The van der Waals surface area contributed by atoms with E-state index in [0.29, 0.717) is 0 Å². The topological polar surface area (TPSA) is 236 Å². The predicted molar refractivity (Wildman–Crippen MR) is 37.4 cm³/mol. The molecule has 0 radical (unpaired) electrons. The van der Waals surface area contributed by atoms with Gasteiger partial charge in [-0.2, -0.15) is 0 Å². The van der Waals surface area contributed by atoms with Crippen molar-refractivity contribution in [3.63, 3.8) is 0 Å². The van der Waals surface area contributed by atoms with E-state index in [9.17, 15) is 0 Å². The number of carbonyl (C=O) groups is 4. The first-order valence-corrected chi connectivity index (χ1v) is 2.57. The smallest absolute Gasteiger partial charge is 0.652 e. The summed E-state index contributed by atoms with van der Waals surface area (Å²) in [4.78, 5) is 34.0. The molecule has 0 atom stereocenters. The molecule has 0 heterocycles. The van der Waals surface area contributed by atoms with E-state index in [1.54, 1.807) is 0 Å². The molecule has 6 N–H and O–H groups in total. The Morgan fingerprint density at radius 1 is 0.556 bits per heavy atom. The van der Waals surface area contributed by atoms with Gasteiger partial charge >= 0.3 is 77.6 Å². The van der Waals surface area contributed by atoms with Gasteiger partial charge in [-0.25, -0.2) is 14.4 Å². The summed E-state index contributed by atoms with van der Waals surface area (Å²) in [5.74, 6) is 0. The van der Waals surface area contributed by atoms with E-state index in [0.717, 1.165) is 0 Å². The Hall–Kier alpha value is -0.920. The fourth-order valence-electron chi connectivity index (χ4n) is 0. The van der Waals surface area contributed by atoms with E-state index in [2.05, 4.69) is 0 Å². The molecule has 0 saturated carbocycles. The van der Waals surface area contributed by atoms with E-state index >= 15 is 0 Å². The Labute approximate surface area is 143 Å². The van der Waals surface area contributed by atoms with Crippen LogP contribution in [0.2, 0.25) is 0 Å². The average Bonchev–Trinajstić information content (AvgIpc) is 1.76. The number of hydrogen-bond donors (Lipinski definition) is 6. The molecule has 96 valence electrons. The monoisotopic (exact) mass is 292 g/mol. The van der Waals surface area contributed by atoms with Crippen LogP contribution < -0.4 is 69.3 Å². The van der Waals surface area contributed by atoms with Gasteiger partial charge in [0.15, 0.2) is 0 Å². The third-order valence-electron chi connectivity index (χ3n) is 0. The normalized spacial score (nSPS) is 5.33. The van der Waals surface area contributed by atoms with Crippen molar-refractivity contribution in [1.82, 2.24) is 0 Å². The first-order chi connectivity index (χ1) is 6.93. The predicted octanol–water partition coefficient (Wildman–Crippen LogP) is -7.77. The van der Waals surface area contributed by atoms with Crippen molar-refractivity contribution in [2.75, 3.05) is 0 Å². The van der Waals surface area contributed by atoms with Crippen molar-refractivity contribution in [3.05, 3.63) is 0 Å². The molecule has 18 heavy (non-hydrogen) atoms. The second-order valence-electron chi connectivity index (χ2n) is 1.10. The molecule has 0 aromatic rings. The maximum absolute atomic E-state index is 8.56. The quantitative estimate of drug-likeness (QED) is 0.228. The molecule has 0 unspecified atom stereocenters. The van der Waals surface area contributed by atoms with Crippen molar-refractivity contribution in [1.29, 1.82) is 0 Å². The van der Waals surface area contributed by atoms with Gasteiger partial charge in [-0.05, 0) is 6.16 Å². The summed E-state index contributed by atoms with van der Waals surface area (Å²) >= 11 is 0. The van der Waals surface area contributed by atoms with Gasteiger partial charge in [0.1, 0.15) is 0 Å². The first kappa shape index (κ1) is 36.0. The maximum atomic E-state index is 8.56. The fourth-order valence-corrected chi connectivity index (χ4v) is 0. The summed E-state index contributed by atoms with van der Waals surface area (Å²) in [7, 11) is 0. The molecule has 14 heteroatoms. The molecule has 0 saturated heterocycles. The minimum absolute atomic E-state index is 0. The Morgan fingerprint density at radius 2 is 0.556 bits per heavy atom. The molecule has 0 aliphatic heterocycles. The molecular weight excluding hydrogens is 286 g/mol. The molecule has 0 amide bonds. The van der Waals surface area contributed by atoms with Gasteiger partial charge in [0.2, 0.25) is 0 Å². The molecule has 0 fully saturated rings. The molecule has 12 nitrogen and oxygen atoms in total. The van der Waals surface area contributed by atoms with Gasteiger partial charge in [0, 0.05) is 0 Å². The van der Waals surface area contributed by atoms with Crippen LogP contribution in [0.5, 0.6) is 0 Å². The number of hydrogen-bond acceptors (Lipinski definition) is 6. The minimum Gasteiger partial charge on any atom is -0.652 e. The molecule has 0 bridgehead atoms. The molecular formula is C4H6Na2O12. The van der Waals surface area contributed by atoms with Gasteiger partial charge in [-0.1, -0.05) is 0 Å². The summed E-state index contributed by atoms with van der Waals surface area (Å²) in [6.07, 6.45) is -7.83. The molecule has 0 spiro atoms. The summed E-state index contributed by atoms with van der Waals surface area (Å²) in [5.41, 5.74) is 0. The van der Waals surface area contributed by atoms with Gasteiger partial charge in [-0.3, -0.25) is 0 Å². The summed E-state index contributed by atoms with van der Waals surface area (Å²) in [5, 5.41) is 58.5. The van der Waals surface area contributed by atoms with Crippen LogP contribution in [0.25, 0.3) is 0 Å². The largest absolute Gasteiger partial charge is 1.00 e. The number of rotatable bonds is 0. The number of carbonyl (C=O) groups excluding carboxylic acids is 1. The molecule has 0 aliphatic rings. The van der Waals surface area contributed by atoms with Crippen LogP contribution in [0.3, 0.4) is 0 Å². The van der Waals surface area contributed by atoms with Crippen LogP contribution in [0, 0.1) is 0 Å². The number of carboxylic acid groups (broad SMARTS) is 8. The van der Waals surface area contributed by atoms with Crippen LogP contribution in [-0.4, -0.2) is 55.3 Å². The third kappa shape index (κ3) is 3530. The van der Waals surface area contributed by atoms with E-state index in [4.69, 9.17) is 60.0 Å². The van der Waals surface area contributed by atoms with Crippen LogP contribution in [0.15, 0.2) is 0 Å². The summed E-state index contributed by atoms with van der Waals surface area (Å²) in [6, 6.07) is 0. The molecule has 0 aromatic carbocycles. The van der Waals surface area contributed by atoms with Crippen molar-refractivity contribution < 1.29 is 119 Å². The second-order valence-corrected chi connectivity index (χ2v) is 1.10. The summed E-state index contributed by atoms with van der Waals surface area (Å²) < 4.78 is 0. The molecule has 0 aliphatic carbocycles. The first-order valence-electron chi connectivity index (χ1n) is 2.57. The zero-order valence-electron chi connectivity index (χ0n) is 9.13. The van der Waals surface area contributed by atoms with Crippen molar-refractivity contribution in [3.8, 4) is 0 Å². The fraction of sp³-hybridized carbons (Fsp3) is 0. The van der Waals surface area contributed by atoms with E-state index < -0.39 is 24.6 Å². The van der Waals surface area contributed by atoms with Crippen LogP contribution in [-0.2, 0) is 0 Å². The zero-order valence-corrected chi connectivity index (χ0v) is 13.1. The second kappa shape index (κ2) is 29.8. The van der Waals surface area contributed by atoms with Crippen LogP contribution in [0.4, 0.5) is 19.2 Å². The zero-order chi connectivity index (χ0) is 14.3. The standard InChI is InChI=1S/4CH2O3.2Na/c4*2-1(3)4;;/h4*(H2,2,3,4);;/q;;;;2*+1/p-2. The maximum Gasteiger partial charge on any atom is 1.00 e. The Bertz CT molecular complexity index is 162. The van der Waals surface area contributed by atoms with Crippen molar-refractivity contribution >= 4 is 24.6 Å². The van der Waals surface area contributed by atoms with Crippen molar-refractivity contribution in [2.24, 2.45) is 0 Å². The van der Waals surface area contributed by atoms with Gasteiger partial charge in [-0.15, -0.1) is 0 Å². The van der Waals surface area contributed by atoms with E-state index in [1.807, 2.05) is 0 Å². The summed E-state index contributed by atoms with van der Waals surface area (Å²) in [6.45, 7) is 0. The van der Waals surface area contributed by atoms with Crippen LogP contribution in [0.1, 0.15) is 0 Å². The van der Waals surface area contributed by atoms with Crippen LogP contribution >= 0.6 is 0 Å². The van der Waals surface area contributed by atoms with Gasteiger partial charge < -0.3 is 45.6 Å².